The Morgan fingerprint density at radius 1 is 1.03 bits per heavy atom. The highest BCUT2D eigenvalue weighted by atomic mass is 19.1. The van der Waals surface area contributed by atoms with Crippen LogP contribution in [0.2, 0.25) is 0 Å². The van der Waals surface area contributed by atoms with Crippen molar-refractivity contribution in [2.24, 2.45) is 0 Å². The molecule has 3 aromatic rings. The van der Waals surface area contributed by atoms with Crippen LogP contribution in [0.25, 0.3) is 10.9 Å². The lowest BCUT2D eigenvalue weighted by molar-refractivity contribution is -0.122. The van der Waals surface area contributed by atoms with Gasteiger partial charge in [0, 0.05) is 32.0 Å². The molecule has 32 heavy (non-hydrogen) atoms. The second-order valence-corrected chi connectivity index (χ2v) is 7.96. The minimum atomic E-state index is -0.379. The van der Waals surface area contributed by atoms with E-state index >= 15 is 0 Å². The number of carbonyl (C=O) groups excluding carboxylic acids is 2. The summed E-state index contributed by atoms with van der Waals surface area (Å²) < 4.78 is 14.9. The summed E-state index contributed by atoms with van der Waals surface area (Å²) in [5, 5.41) is 6.07. The predicted molar refractivity (Wildman–Crippen MR) is 119 cm³/mol. The van der Waals surface area contributed by atoms with Crippen LogP contribution >= 0.6 is 0 Å². The Morgan fingerprint density at radius 3 is 2.53 bits per heavy atom. The van der Waals surface area contributed by atoms with Gasteiger partial charge in [-0.05, 0) is 42.7 Å². The lowest BCUT2D eigenvalue weighted by atomic mass is 10.1. The number of halogens is 1. The van der Waals surface area contributed by atoms with E-state index in [4.69, 9.17) is 0 Å². The van der Waals surface area contributed by atoms with Crippen molar-refractivity contribution < 1.29 is 14.0 Å². The molecule has 0 atom stereocenters. The van der Waals surface area contributed by atoms with Crippen LogP contribution in [0.1, 0.15) is 36.7 Å². The minimum absolute atomic E-state index is 0.0467. The van der Waals surface area contributed by atoms with Crippen molar-refractivity contribution in [3.63, 3.8) is 0 Å². The molecular weight excluding hydrogens is 411 g/mol. The highest BCUT2D eigenvalue weighted by molar-refractivity contribution is 5.79. The van der Waals surface area contributed by atoms with Crippen molar-refractivity contribution in [1.82, 2.24) is 20.2 Å². The van der Waals surface area contributed by atoms with Crippen molar-refractivity contribution in [1.29, 1.82) is 0 Å². The van der Waals surface area contributed by atoms with Gasteiger partial charge in [0.25, 0.3) is 5.56 Å². The van der Waals surface area contributed by atoms with Gasteiger partial charge in [-0.2, -0.15) is 0 Å². The molecule has 1 aromatic heterocycles. The number of nitrogens with zero attached hydrogens (tertiary/aromatic N) is 2. The fourth-order valence-electron chi connectivity index (χ4n) is 3.69. The number of benzene rings is 2. The third kappa shape index (κ3) is 5.38. The second kappa shape index (κ2) is 9.72. The lowest BCUT2D eigenvalue weighted by Gasteiger charge is -2.13. The highest BCUT2D eigenvalue weighted by Gasteiger charge is 2.28. The largest absolute Gasteiger partial charge is 0.354 e. The van der Waals surface area contributed by atoms with Crippen molar-refractivity contribution >= 4 is 22.7 Å². The zero-order chi connectivity index (χ0) is 22.5. The van der Waals surface area contributed by atoms with Crippen LogP contribution in [-0.4, -0.2) is 34.5 Å². The van der Waals surface area contributed by atoms with Crippen molar-refractivity contribution in [3.8, 4) is 0 Å². The molecule has 1 saturated carbocycles. The molecule has 1 aliphatic carbocycles. The summed E-state index contributed by atoms with van der Waals surface area (Å²) in [6.45, 7) is 0.565. The third-order valence-corrected chi connectivity index (χ3v) is 5.39. The maximum atomic E-state index is 13.2. The molecule has 0 radical (unpaired) electrons. The predicted octanol–water partition coefficient (Wildman–Crippen LogP) is 2.28. The van der Waals surface area contributed by atoms with E-state index in [0.29, 0.717) is 28.7 Å². The SMILES string of the molecule is O=C(CCc1nc2ccccc2c(=O)n1C1CC1)NCCNC(=O)Cc1cccc(F)c1. The first-order valence-corrected chi connectivity index (χ1v) is 10.8. The van der Waals surface area contributed by atoms with E-state index in [1.165, 1.54) is 12.1 Å². The molecule has 0 unspecified atom stereocenters. The average molecular weight is 436 g/mol. The first kappa shape index (κ1) is 21.7. The lowest BCUT2D eigenvalue weighted by Crippen LogP contribution is -2.35. The topological polar surface area (TPSA) is 93.1 Å². The summed E-state index contributed by atoms with van der Waals surface area (Å²) in [6.07, 6.45) is 2.56. The van der Waals surface area contributed by atoms with E-state index in [-0.39, 0.29) is 55.2 Å². The van der Waals surface area contributed by atoms with Gasteiger partial charge in [0.1, 0.15) is 11.6 Å². The minimum Gasteiger partial charge on any atom is -0.354 e. The molecule has 7 nitrogen and oxygen atoms in total. The number of fused-ring (bicyclic) bond motifs is 1. The van der Waals surface area contributed by atoms with Crippen LogP contribution in [0.4, 0.5) is 4.39 Å². The number of hydrogen-bond acceptors (Lipinski definition) is 4. The van der Waals surface area contributed by atoms with E-state index in [9.17, 15) is 18.8 Å². The number of rotatable bonds is 9. The molecule has 4 rings (SSSR count). The van der Waals surface area contributed by atoms with Gasteiger partial charge in [0.2, 0.25) is 11.8 Å². The summed E-state index contributed by atoms with van der Waals surface area (Å²) >= 11 is 0. The van der Waals surface area contributed by atoms with Crippen molar-refractivity contribution in [2.75, 3.05) is 13.1 Å². The molecule has 0 bridgehead atoms. The number of carbonyl (C=O) groups is 2. The molecule has 2 aromatic carbocycles. The Morgan fingerprint density at radius 2 is 1.78 bits per heavy atom. The van der Waals surface area contributed by atoms with Crippen LogP contribution in [-0.2, 0) is 22.4 Å². The molecule has 0 spiro atoms. The zero-order valence-electron chi connectivity index (χ0n) is 17.6. The smallest absolute Gasteiger partial charge is 0.261 e. The molecule has 0 saturated heterocycles. The van der Waals surface area contributed by atoms with Gasteiger partial charge < -0.3 is 10.6 Å². The van der Waals surface area contributed by atoms with E-state index < -0.39 is 0 Å². The van der Waals surface area contributed by atoms with Gasteiger partial charge in [0.05, 0.1) is 17.3 Å². The monoisotopic (exact) mass is 436 g/mol. The Balaban J connectivity index is 1.26. The fourth-order valence-corrected chi connectivity index (χ4v) is 3.69. The highest BCUT2D eigenvalue weighted by Crippen LogP contribution is 2.34. The molecule has 2 amide bonds. The van der Waals surface area contributed by atoms with Gasteiger partial charge in [0.15, 0.2) is 0 Å². The van der Waals surface area contributed by atoms with Crippen molar-refractivity contribution in [2.45, 2.75) is 38.1 Å². The van der Waals surface area contributed by atoms with E-state index in [0.717, 1.165) is 12.8 Å². The number of para-hydroxylation sites is 1. The Labute approximate surface area is 184 Å². The van der Waals surface area contributed by atoms with Crippen LogP contribution in [0.15, 0.2) is 53.3 Å². The first-order valence-electron chi connectivity index (χ1n) is 10.8. The summed E-state index contributed by atoms with van der Waals surface area (Å²) in [7, 11) is 0. The quantitative estimate of drug-likeness (QED) is 0.504. The number of amides is 2. The molecule has 0 aliphatic heterocycles. The second-order valence-electron chi connectivity index (χ2n) is 7.96. The van der Waals surface area contributed by atoms with Crippen molar-refractivity contribution in [3.05, 3.63) is 76.1 Å². The number of hydrogen-bond donors (Lipinski definition) is 2. The Bertz CT molecular complexity index is 1200. The molecule has 1 fully saturated rings. The maximum Gasteiger partial charge on any atom is 0.261 e. The number of nitrogens with one attached hydrogen (secondary N) is 2. The van der Waals surface area contributed by atoms with E-state index in [2.05, 4.69) is 15.6 Å². The normalized spacial score (nSPS) is 13.2. The van der Waals surface area contributed by atoms with Crippen LogP contribution in [0, 0.1) is 5.82 Å². The average Bonchev–Trinajstić information content (AvgIpc) is 3.60. The third-order valence-electron chi connectivity index (χ3n) is 5.39. The molecule has 1 heterocycles. The fraction of sp³-hybridized carbons (Fsp3) is 0.333. The maximum absolute atomic E-state index is 13.2. The van der Waals surface area contributed by atoms with Gasteiger partial charge in [-0.1, -0.05) is 24.3 Å². The standard InChI is InChI=1S/C24H25FN4O3/c25-17-5-3-4-16(14-17)15-23(31)27-13-12-26-22(30)11-10-21-28-20-7-2-1-6-19(20)24(32)29(21)18-8-9-18/h1-7,14,18H,8-13,15H2,(H,26,30)(H,27,31). The van der Waals surface area contributed by atoms with Gasteiger partial charge in [-0.25, -0.2) is 9.37 Å². The summed E-state index contributed by atoms with van der Waals surface area (Å²) in [5.41, 5.74) is 1.19. The first-order chi connectivity index (χ1) is 15.5. The molecular formula is C24H25FN4O3. The molecule has 2 N–H and O–H groups in total. The molecule has 8 heteroatoms. The summed E-state index contributed by atoms with van der Waals surface area (Å²) in [5.74, 6) is -0.155. The van der Waals surface area contributed by atoms with Crippen LogP contribution < -0.4 is 16.2 Å². The van der Waals surface area contributed by atoms with E-state index in [1.54, 1.807) is 22.8 Å². The molecule has 166 valence electrons. The van der Waals surface area contributed by atoms with Crippen LogP contribution in [0.5, 0.6) is 0 Å². The Hall–Kier alpha value is -3.55. The molecule has 1 aliphatic rings. The Kier molecular flexibility index (Phi) is 6.58. The van der Waals surface area contributed by atoms with Gasteiger partial charge in [-0.15, -0.1) is 0 Å². The van der Waals surface area contributed by atoms with Gasteiger partial charge in [-0.3, -0.25) is 19.0 Å². The summed E-state index contributed by atoms with van der Waals surface area (Å²) in [6, 6.07) is 13.3. The summed E-state index contributed by atoms with van der Waals surface area (Å²) in [4.78, 5) is 41.7. The zero-order valence-corrected chi connectivity index (χ0v) is 17.6. The number of aryl methyl sites for hydroxylation is 1. The van der Waals surface area contributed by atoms with Gasteiger partial charge >= 0.3 is 0 Å². The number of aromatic nitrogens is 2. The van der Waals surface area contributed by atoms with Crippen LogP contribution in [0.3, 0.4) is 0 Å². The van der Waals surface area contributed by atoms with E-state index in [1.807, 2.05) is 18.2 Å².